The molecule has 0 aromatic rings. The van der Waals surface area contributed by atoms with E-state index in [0.717, 1.165) is 13.0 Å². The Morgan fingerprint density at radius 3 is 2.47 bits per heavy atom. The number of urea groups is 1. The van der Waals surface area contributed by atoms with Crippen molar-refractivity contribution in [2.45, 2.75) is 39.2 Å². The van der Waals surface area contributed by atoms with Gasteiger partial charge in [0.2, 0.25) is 5.91 Å². The van der Waals surface area contributed by atoms with Crippen LogP contribution in [0.25, 0.3) is 0 Å². The van der Waals surface area contributed by atoms with Gasteiger partial charge in [0.15, 0.2) is 0 Å². The lowest BCUT2D eigenvalue weighted by Crippen LogP contribution is -2.47. The van der Waals surface area contributed by atoms with E-state index >= 15 is 0 Å². The molecule has 86 valence electrons. The molecule has 0 spiro atoms. The molecule has 1 aliphatic rings. The van der Waals surface area contributed by atoms with Crippen LogP contribution in [0.1, 0.15) is 33.1 Å². The van der Waals surface area contributed by atoms with E-state index in [0.29, 0.717) is 5.41 Å². The quantitative estimate of drug-likeness (QED) is 0.616. The zero-order chi connectivity index (χ0) is 11.5. The van der Waals surface area contributed by atoms with E-state index in [1.54, 1.807) is 6.92 Å². The van der Waals surface area contributed by atoms with Crippen LogP contribution in [0.15, 0.2) is 0 Å². The van der Waals surface area contributed by atoms with E-state index in [2.05, 4.69) is 17.6 Å². The Kier molecular flexibility index (Phi) is 3.68. The van der Waals surface area contributed by atoms with Crippen LogP contribution in [0.5, 0.6) is 0 Å². The second-order valence-electron chi connectivity index (χ2n) is 4.31. The van der Waals surface area contributed by atoms with Crippen molar-refractivity contribution in [2.75, 3.05) is 6.54 Å². The van der Waals surface area contributed by atoms with Gasteiger partial charge in [0, 0.05) is 6.54 Å². The van der Waals surface area contributed by atoms with Gasteiger partial charge in [0.1, 0.15) is 0 Å². The molecule has 4 N–H and O–H groups in total. The van der Waals surface area contributed by atoms with Crippen LogP contribution in [-0.4, -0.2) is 24.5 Å². The summed E-state index contributed by atoms with van der Waals surface area (Å²) in [5, 5.41) is 5.18. The highest BCUT2D eigenvalue weighted by Gasteiger charge is 2.40. The molecule has 1 rings (SSSR count). The van der Waals surface area contributed by atoms with Crippen molar-refractivity contribution in [3.05, 3.63) is 0 Å². The molecule has 3 amide bonds. The Morgan fingerprint density at radius 2 is 2.07 bits per heavy atom. The molecule has 1 fully saturated rings. The highest BCUT2D eigenvalue weighted by molar-refractivity contribution is 5.96. The number of nitrogens with two attached hydrogens (primary N) is 1. The van der Waals surface area contributed by atoms with Crippen LogP contribution in [0, 0.1) is 5.41 Å². The molecule has 0 aliphatic heterocycles. The zero-order valence-corrected chi connectivity index (χ0v) is 9.30. The van der Waals surface area contributed by atoms with Crippen LogP contribution < -0.4 is 16.4 Å². The van der Waals surface area contributed by atoms with Gasteiger partial charge in [-0.2, -0.15) is 0 Å². The predicted molar refractivity (Wildman–Crippen MR) is 57.1 cm³/mol. The molecule has 5 nitrogen and oxygen atoms in total. The number of carbonyl (C=O) groups excluding carboxylic acids is 2. The summed E-state index contributed by atoms with van der Waals surface area (Å²) < 4.78 is 0. The molecule has 1 atom stereocenters. The number of nitrogens with one attached hydrogen (secondary N) is 2. The molecule has 0 saturated heterocycles. The number of carbonyl (C=O) groups is 2. The standard InChI is InChI=1S/C10H19N3O2/c1-3-10(4-5-10)6-12-7(2)8(14)13-9(11)15/h7,12H,3-6H2,1-2H3,(H3,11,13,14,15). The number of amides is 3. The normalized spacial score (nSPS) is 19.3. The molecule has 0 aromatic carbocycles. The monoisotopic (exact) mass is 213 g/mol. The average Bonchev–Trinajstić information content (AvgIpc) is 2.94. The first-order valence-corrected chi connectivity index (χ1v) is 5.33. The lowest BCUT2D eigenvalue weighted by Gasteiger charge is -2.17. The van der Waals surface area contributed by atoms with Gasteiger partial charge >= 0.3 is 6.03 Å². The van der Waals surface area contributed by atoms with Gasteiger partial charge in [-0.05, 0) is 31.6 Å². The van der Waals surface area contributed by atoms with Crippen molar-refractivity contribution in [3.8, 4) is 0 Å². The average molecular weight is 213 g/mol. The van der Waals surface area contributed by atoms with Crippen LogP contribution >= 0.6 is 0 Å². The Balaban J connectivity index is 2.26. The second kappa shape index (κ2) is 4.61. The maximum absolute atomic E-state index is 11.3. The Bertz CT molecular complexity index is 261. The molecule has 15 heavy (non-hydrogen) atoms. The smallest absolute Gasteiger partial charge is 0.318 e. The molecule has 0 heterocycles. The molecule has 0 bridgehead atoms. The molecule has 5 heteroatoms. The minimum atomic E-state index is -0.801. The Labute approximate surface area is 89.8 Å². The highest BCUT2D eigenvalue weighted by atomic mass is 16.2. The summed E-state index contributed by atoms with van der Waals surface area (Å²) in [4.78, 5) is 21.8. The third kappa shape index (κ3) is 3.51. The van der Waals surface area contributed by atoms with Crippen molar-refractivity contribution in [1.82, 2.24) is 10.6 Å². The third-order valence-corrected chi connectivity index (χ3v) is 3.13. The lowest BCUT2D eigenvalue weighted by atomic mass is 10.0. The Morgan fingerprint density at radius 1 is 1.47 bits per heavy atom. The first-order valence-electron chi connectivity index (χ1n) is 5.33. The van der Waals surface area contributed by atoms with Crippen molar-refractivity contribution in [2.24, 2.45) is 11.1 Å². The molecule has 1 unspecified atom stereocenters. The molecule has 0 aromatic heterocycles. The molecule has 0 radical (unpaired) electrons. The molecule has 1 saturated carbocycles. The largest absolute Gasteiger partial charge is 0.351 e. The Hall–Kier alpha value is -1.10. The van der Waals surface area contributed by atoms with E-state index in [1.165, 1.54) is 12.8 Å². The fourth-order valence-electron chi connectivity index (χ4n) is 1.52. The predicted octanol–water partition coefficient (Wildman–Crippen LogP) is 0.350. The van der Waals surface area contributed by atoms with Gasteiger partial charge in [-0.25, -0.2) is 4.79 Å². The van der Waals surface area contributed by atoms with Crippen molar-refractivity contribution in [1.29, 1.82) is 0 Å². The fourth-order valence-corrected chi connectivity index (χ4v) is 1.52. The molecular formula is C10H19N3O2. The number of rotatable bonds is 5. The van der Waals surface area contributed by atoms with E-state index < -0.39 is 6.03 Å². The van der Waals surface area contributed by atoms with Gasteiger partial charge in [-0.1, -0.05) is 6.92 Å². The van der Waals surface area contributed by atoms with Gasteiger partial charge < -0.3 is 11.1 Å². The highest BCUT2D eigenvalue weighted by Crippen LogP contribution is 2.47. The van der Waals surface area contributed by atoms with Crippen molar-refractivity contribution in [3.63, 3.8) is 0 Å². The summed E-state index contributed by atoms with van der Waals surface area (Å²) in [7, 11) is 0. The maximum Gasteiger partial charge on any atom is 0.318 e. The third-order valence-electron chi connectivity index (χ3n) is 3.13. The van der Waals surface area contributed by atoms with Crippen molar-refractivity contribution >= 4 is 11.9 Å². The van der Waals surface area contributed by atoms with E-state index in [9.17, 15) is 9.59 Å². The van der Waals surface area contributed by atoms with Gasteiger partial charge in [0.25, 0.3) is 0 Å². The summed E-state index contributed by atoms with van der Waals surface area (Å²) in [5.74, 6) is -0.366. The van der Waals surface area contributed by atoms with Crippen LogP contribution in [-0.2, 0) is 4.79 Å². The van der Waals surface area contributed by atoms with E-state index in [-0.39, 0.29) is 11.9 Å². The maximum atomic E-state index is 11.3. The number of hydrogen-bond donors (Lipinski definition) is 3. The second-order valence-corrected chi connectivity index (χ2v) is 4.31. The summed E-state index contributed by atoms with van der Waals surface area (Å²) in [6, 6.07) is -1.17. The summed E-state index contributed by atoms with van der Waals surface area (Å²) in [5.41, 5.74) is 5.24. The minimum Gasteiger partial charge on any atom is -0.351 e. The van der Waals surface area contributed by atoms with Crippen LogP contribution in [0.3, 0.4) is 0 Å². The lowest BCUT2D eigenvalue weighted by molar-refractivity contribution is -0.121. The summed E-state index contributed by atoms with van der Waals surface area (Å²) in [6.45, 7) is 4.71. The molecular weight excluding hydrogens is 194 g/mol. The SMILES string of the molecule is CCC1(CNC(C)C(=O)NC(N)=O)CC1. The van der Waals surface area contributed by atoms with Gasteiger partial charge in [-0.15, -0.1) is 0 Å². The van der Waals surface area contributed by atoms with Crippen LogP contribution in [0.2, 0.25) is 0 Å². The first-order chi connectivity index (χ1) is 6.99. The first kappa shape index (κ1) is 12.0. The number of primary amides is 1. The topological polar surface area (TPSA) is 84.2 Å². The zero-order valence-electron chi connectivity index (χ0n) is 9.30. The van der Waals surface area contributed by atoms with E-state index in [1.807, 2.05) is 0 Å². The minimum absolute atomic E-state index is 0.366. The number of imide groups is 1. The van der Waals surface area contributed by atoms with E-state index in [4.69, 9.17) is 5.73 Å². The van der Waals surface area contributed by atoms with Crippen LogP contribution in [0.4, 0.5) is 4.79 Å². The number of hydrogen-bond acceptors (Lipinski definition) is 3. The van der Waals surface area contributed by atoms with Gasteiger partial charge in [-0.3, -0.25) is 10.1 Å². The summed E-state index contributed by atoms with van der Waals surface area (Å²) >= 11 is 0. The molecule has 1 aliphatic carbocycles. The fraction of sp³-hybridized carbons (Fsp3) is 0.800. The summed E-state index contributed by atoms with van der Waals surface area (Å²) in [6.07, 6.45) is 3.57. The van der Waals surface area contributed by atoms with Gasteiger partial charge in [0.05, 0.1) is 6.04 Å². The van der Waals surface area contributed by atoms with Crippen molar-refractivity contribution < 1.29 is 9.59 Å².